The molecule has 4 rings (SSSR count). The number of ether oxygens (including phenoxy) is 3. The lowest BCUT2D eigenvalue weighted by Crippen LogP contribution is -2.34. The average Bonchev–Trinajstić information content (AvgIpc) is 3.19. The maximum Gasteiger partial charge on any atom is 0.251 e. The molecule has 1 aliphatic heterocycles. The molecule has 0 bridgehead atoms. The van der Waals surface area contributed by atoms with Crippen molar-refractivity contribution in [3.05, 3.63) is 71.0 Å². The van der Waals surface area contributed by atoms with Crippen LogP contribution in [0.4, 0.5) is 0 Å². The van der Waals surface area contributed by atoms with Crippen LogP contribution >= 0.6 is 11.6 Å². The Hall–Kier alpha value is -3.25. The van der Waals surface area contributed by atoms with Crippen molar-refractivity contribution in [2.75, 3.05) is 20.8 Å². The second-order valence-corrected chi connectivity index (χ2v) is 7.37. The summed E-state index contributed by atoms with van der Waals surface area (Å²) in [6.07, 6.45) is 3.95. The van der Waals surface area contributed by atoms with Crippen LogP contribution in [-0.2, 0) is 6.42 Å². The Balaban J connectivity index is 1.48. The van der Waals surface area contributed by atoms with E-state index in [1.54, 1.807) is 44.8 Å². The minimum Gasteiger partial charge on any atom is -0.497 e. The zero-order chi connectivity index (χ0) is 21.1. The summed E-state index contributed by atoms with van der Waals surface area (Å²) in [6.45, 7) is 0.362. The van der Waals surface area contributed by atoms with Crippen molar-refractivity contribution in [1.82, 2.24) is 10.3 Å². The lowest BCUT2D eigenvalue weighted by atomic mass is 10.0. The van der Waals surface area contributed by atoms with Crippen molar-refractivity contribution >= 4 is 17.5 Å². The van der Waals surface area contributed by atoms with Gasteiger partial charge in [0, 0.05) is 46.6 Å². The summed E-state index contributed by atoms with van der Waals surface area (Å²) in [5.41, 5.74) is 3.39. The first kappa shape index (κ1) is 20.0. The molecule has 1 atom stereocenters. The van der Waals surface area contributed by atoms with E-state index < -0.39 is 0 Å². The zero-order valence-corrected chi connectivity index (χ0v) is 17.4. The van der Waals surface area contributed by atoms with Crippen molar-refractivity contribution in [3.63, 3.8) is 0 Å². The SMILES string of the molecule is COc1cc(OC)cc(C(=O)NC[C@H]2Cc3cc(Cl)cc(-c4ccncc4)c3O2)c1. The molecule has 2 aromatic carbocycles. The van der Waals surface area contributed by atoms with Crippen LogP contribution in [0.5, 0.6) is 17.2 Å². The number of fused-ring (bicyclic) bond motifs is 1. The molecule has 0 saturated heterocycles. The summed E-state index contributed by atoms with van der Waals surface area (Å²) in [4.78, 5) is 16.7. The number of pyridine rings is 1. The monoisotopic (exact) mass is 424 g/mol. The fraction of sp³-hybridized carbons (Fsp3) is 0.217. The second kappa shape index (κ2) is 8.63. The number of benzene rings is 2. The molecule has 30 heavy (non-hydrogen) atoms. The first-order chi connectivity index (χ1) is 14.6. The van der Waals surface area contributed by atoms with Gasteiger partial charge in [0.2, 0.25) is 0 Å². The molecular weight excluding hydrogens is 404 g/mol. The van der Waals surface area contributed by atoms with E-state index in [1.165, 1.54) is 0 Å². The van der Waals surface area contributed by atoms with E-state index in [0.717, 1.165) is 22.4 Å². The molecule has 6 nitrogen and oxygen atoms in total. The fourth-order valence-corrected chi connectivity index (χ4v) is 3.74. The maximum atomic E-state index is 12.6. The van der Waals surface area contributed by atoms with Crippen LogP contribution in [0.3, 0.4) is 0 Å². The van der Waals surface area contributed by atoms with E-state index in [4.69, 9.17) is 25.8 Å². The molecule has 0 fully saturated rings. The summed E-state index contributed by atoms with van der Waals surface area (Å²) in [5.74, 6) is 1.69. The minimum atomic E-state index is -0.223. The summed E-state index contributed by atoms with van der Waals surface area (Å²) < 4.78 is 16.6. The summed E-state index contributed by atoms with van der Waals surface area (Å²) in [7, 11) is 3.09. The van der Waals surface area contributed by atoms with Crippen molar-refractivity contribution in [2.45, 2.75) is 12.5 Å². The van der Waals surface area contributed by atoms with E-state index in [9.17, 15) is 4.79 Å². The number of methoxy groups -OCH3 is 2. The molecule has 0 unspecified atom stereocenters. The Morgan fingerprint density at radius 3 is 2.50 bits per heavy atom. The molecule has 0 spiro atoms. The average molecular weight is 425 g/mol. The topological polar surface area (TPSA) is 69.7 Å². The molecule has 7 heteroatoms. The Morgan fingerprint density at radius 2 is 1.83 bits per heavy atom. The van der Waals surface area contributed by atoms with E-state index >= 15 is 0 Å². The molecule has 1 aliphatic rings. The predicted molar refractivity (Wildman–Crippen MR) is 115 cm³/mol. The van der Waals surface area contributed by atoms with Crippen LogP contribution in [0.1, 0.15) is 15.9 Å². The van der Waals surface area contributed by atoms with Gasteiger partial charge < -0.3 is 19.5 Å². The van der Waals surface area contributed by atoms with Gasteiger partial charge >= 0.3 is 0 Å². The number of nitrogens with zero attached hydrogens (tertiary/aromatic N) is 1. The zero-order valence-electron chi connectivity index (χ0n) is 16.6. The summed E-state index contributed by atoms with van der Waals surface area (Å²) >= 11 is 6.33. The Labute approximate surface area is 179 Å². The van der Waals surface area contributed by atoms with Crippen molar-refractivity contribution in [3.8, 4) is 28.4 Å². The molecule has 1 aromatic heterocycles. The number of carbonyl (C=O) groups is 1. The maximum absolute atomic E-state index is 12.6. The number of hydrogen-bond donors (Lipinski definition) is 1. The van der Waals surface area contributed by atoms with E-state index in [1.807, 2.05) is 24.3 Å². The molecular formula is C23H21ClN2O4. The van der Waals surface area contributed by atoms with Crippen LogP contribution in [0.25, 0.3) is 11.1 Å². The van der Waals surface area contributed by atoms with Crippen LogP contribution in [-0.4, -0.2) is 37.8 Å². The van der Waals surface area contributed by atoms with Crippen LogP contribution in [0.15, 0.2) is 54.9 Å². The van der Waals surface area contributed by atoms with Crippen LogP contribution in [0, 0.1) is 0 Å². The van der Waals surface area contributed by atoms with Crippen LogP contribution in [0.2, 0.25) is 5.02 Å². The summed E-state index contributed by atoms with van der Waals surface area (Å²) in [6, 6.07) is 12.7. The molecule has 0 radical (unpaired) electrons. The van der Waals surface area contributed by atoms with Gasteiger partial charge in [-0.05, 0) is 42.0 Å². The van der Waals surface area contributed by atoms with Crippen molar-refractivity contribution in [1.29, 1.82) is 0 Å². The molecule has 0 aliphatic carbocycles. The number of aromatic nitrogens is 1. The standard InChI is InChI=1S/C23H21ClN2O4/c1-28-18-9-16(10-19(12-18)29-2)23(27)26-13-20-8-15-7-17(24)11-21(22(15)30-20)14-3-5-25-6-4-14/h3-7,9-12,20H,8,13H2,1-2H3,(H,26,27)/t20-/m1/s1. The quantitative estimate of drug-likeness (QED) is 0.643. The van der Waals surface area contributed by atoms with Crippen LogP contribution < -0.4 is 19.5 Å². The fourth-order valence-electron chi connectivity index (χ4n) is 3.50. The van der Waals surface area contributed by atoms with Crippen molar-refractivity contribution in [2.24, 2.45) is 0 Å². The second-order valence-electron chi connectivity index (χ2n) is 6.93. The first-order valence-electron chi connectivity index (χ1n) is 9.48. The largest absolute Gasteiger partial charge is 0.497 e. The van der Waals surface area contributed by atoms with Gasteiger partial charge in [0.15, 0.2) is 0 Å². The third-order valence-corrected chi connectivity index (χ3v) is 5.18. The van der Waals surface area contributed by atoms with E-state index in [0.29, 0.717) is 35.1 Å². The highest BCUT2D eigenvalue weighted by atomic mass is 35.5. The Morgan fingerprint density at radius 1 is 1.13 bits per heavy atom. The number of halogens is 1. The highest BCUT2D eigenvalue weighted by molar-refractivity contribution is 6.31. The Kier molecular flexibility index (Phi) is 5.77. The van der Waals surface area contributed by atoms with Gasteiger partial charge in [0.1, 0.15) is 23.4 Å². The highest BCUT2D eigenvalue weighted by Gasteiger charge is 2.27. The smallest absolute Gasteiger partial charge is 0.251 e. The first-order valence-corrected chi connectivity index (χ1v) is 9.86. The van der Waals surface area contributed by atoms with Crippen molar-refractivity contribution < 1.29 is 19.0 Å². The molecule has 1 N–H and O–H groups in total. The number of nitrogens with one attached hydrogen (secondary N) is 1. The van der Waals surface area contributed by atoms with Gasteiger partial charge in [-0.15, -0.1) is 0 Å². The van der Waals surface area contributed by atoms with Gasteiger partial charge in [-0.3, -0.25) is 9.78 Å². The Bertz CT molecular complexity index is 1050. The molecule has 2 heterocycles. The predicted octanol–water partition coefficient (Wildman–Crippen LogP) is 4.15. The van der Waals surface area contributed by atoms with Gasteiger partial charge in [-0.25, -0.2) is 0 Å². The minimum absolute atomic E-state index is 0.185. The third kappa shape index (κ3) is 4.19. The van der Waals surface area contributed by atoms with E-state index in [2.05, 4.69) is 10.3 Å². The van der Waals surface area contributed by atoms with E-state index in [-0.39, 0.29) is 12.0 Å². The van der Waals surface area contributed by atoms with Gasteiger partial charge in [-0.1, -0.05) is 11.6 Å². The van der Waals surface area contributed by atoms with Gasteiger partial charge in [0.25, 0.3) is 5.91 Å². The molecule has 3 aromatic rings. The third-order valence-electron chi connectivity index (χ3n) is 4.96. The number of carbonyl (C=O) groups excluding carboxylic acids is 1. The molecule has 154 valence electrons. The normalized spacial score (nSPS) is 14.6. The number of rotatable bonds is 6. The number of hydrogen-bond acceptors (Lipinski definition) is 5. The number of amides is 1. The van der Waals surface area contributed by atoms with Gasteiger partial charge in [0.05, 0.1) is 20.8 Å². The lowest BCUT2D eigenvalue weighted by molar-refractivity contribution is 0.0933. The summed E-state index contributed by atoms with van der Waals surface area (Å²) in [5, 5.41) is 3.58. The highest BCUT2D eigenvalue weighted by Crippen LogP contribution is 2.40. The lowest BCUT2D eigenvalue weighted by Gasteiger charge is -2.14. The van der Waals surface area contributed by atoms with Gasteiger partial charge in [-0.2, -0.15) is 0 Å². The molecule has 1 amide bonds. The molecule has 0 saturated carbocycles.